The number of nitrogens with zero attached hydrogens (tertiary/aromatic N) is 1. The van der Waals surface area contributed by atoms with E-state index in [0.29, 0.717) is 18.8 Å². The SMILES string of the molecule is FC(F)c1cc2c(nc1Cl)OCCN2. The first-order valence-corrected chi connectivity index (χ1v) is 4.41. The van der Waals surface area contributed by atoms with E-state index in [1.165, 1.54) is 6.07 Å². The Hall–Kier alpha value is -1.10. The van der Waals surface area contributed by atoms with Crippen LogP contribution in [-0.2, 0) is 0 Å². The maximum Gasteiger partial charge on any atom is 0.266 e. The second-order valence-electron chi connectivity index (χ2n) is 2.80. The molecule has 0 spiro atoms. The zero-order valence-corrected chi connectivity index (χ0v) is 7.81. The van der Waals surface area contributed by atoms with Gasteiger partial charge in [0, 0.05) is 6.54 Å². The van der Waals surface area contributed by atoms with Crippen LogP contribution >= 0.6 is 11.6 Å². The van der Waals surface area contributed by atoms with Gasteiger partial charge in [-0.1, -0.05) is 11.6 Å². The lowest BCUT2D eigenvalue weighted by atomic mass is 10.2. The van der Waals surface area contributed by atoms with Crippen LogP contribution in [0.3, 0.4) is 0 Å². The molecule has 0 atom stereocenters. The van der Waals surface area contributed by atoms with Gasteiger partial charge in [-0.15, -0.1) is 0 Å². The van der Waals surface area contributed by atoms with Crippen molar-refractivity contribution in [3.05, 3.63) is 16.8 Å². The van der Waals surface area contributed by atoms with Gasteiger partial charge in [-0.2, -0.15) is 4.98 Å². The van der Waals surface area contributed by atoms with E-state index in [2.05, 4.69) is 10.3 Å². The topological polar surface area (TPSA) is 34.1 Å². The summed E-state index contributed by atoms with van der Waals surface area (Å²) in [4.78, 5) is 3.74. The number of nitrogens with one attached hydrogen (secondary N) is 1. The molecule has 0 aromatic carbocycles. The summed E-state index contributed by atoms with van der Waals surface area (Å²) in [6, 6.07) is 1.27. The highest BCUT2D eigenvalue weighted by molar-refractivity contribution is 6.30. The Balaban J connectivity index is 2.45. The third kappa shape index (κ3) is 1.59. The van der Waals surface area contributed by atoms with E-state index < -0.39 is 6.43 Å². The zero-order chi connectivity index (χ0) is 10.1. The van der Waals surface area contributed by atoms with Crippen LogP contribution in [0.5, 0.6) is 5.88 Å². The number of hydrogen-bond acceptors (Lipinski definition) is 3. The molecule has 0 radical (unpaired) electrons. The van der Waals surface area contributed by atoms with Gasteiger partial charge in [0.25, 0.3) is 6.43 Å². The molecule has 3 nitrogen and oxygen atoms in total. The molecule has 2 heterocycles. The minimum atomic E-state index is -2.62. The Bertz CT molecular complexity index is 359. The smallest absolute Gasteiger partial charge is 0.266 e. The Morgan fingerprint density at radius 3 is 3.07 bits per heavy atom. The molecule has 1 aliphatic rings. The van der Waals surface area contributed by atoms with Crippen molar-refractivity contribution in [3.63, 3.8) is 0 Å². The van der Waals surface area contributed by atoms with E-state index >= 15 is 0 Å². The molecule has 0 unspecified atom stereocenters. The van der Waals surface area contributed by atoms with Gasteiger partial charge >= 0.3 is 0 Å². The van der Waals surface area contributed by atoms with Gasteiger partial charge < -0.3 is 10.1 Å². The highest BCUT2D eigenvalue weighted by Crippen LogP contribution is 2.34. The van der Waals surface area contributed by atoms with E-state index in [4.69, 9.17) is 16.3 Å². The monoisotopic (exact) mass is 220 g/mol. The lowest BCUT2D eigenvalue weighted by molar-refractivity contribution is 0.151. The Kier molecular flexibility index (Phi) is 2.41. The van der Waals surface area contributed by atoms with Crippen LogP contribution in [0.15, 0.2) is 6.07 Å². The number of ether oxygens (including phenoxy) is 1. The summed E-state index contributed by atoms with van der Waals surface area (Å²) < 4.78 is 29.9. The normalized spacial score (nSPS) is 14.6. The van der Waals surface area contributed by atoms with Crippen LogP contribution < -0.4 is 10.1 Å². The fourth-order valence-electron chi connectivity index (χ4n) is 1.21. The van der Waals surface area contributed by atoms with Gasteiger partial charge in [0.2, 0.25) is 5.88 Å². The quantitative estimate of drug-likeness (QED) is 0.739. The number of aromatic nitrogens is 1. The molecule has 0 aliphatic carbocycles. The van der Waals surface area contributed by atoms with Crippen LogP contribution in [0.25, 0.3) is 0 Å². The van der Waals surface area contributed by atoms with E-state index in [1.807, 2.05) is 0 Å². The third-order valence-corrected chi connectivity index (χ3v) is 2.16. The largest absolute Gasteiger partial charge is 0.474 e. The fourth-order valence-corrected chi connectivity index (χ4v) is 1.43. The molecule has 0 bridgehead atoms. The van der Waals surface area contributed by atoms with Gasteiger partial charge in [0.05, 0.1) is 11.3 Å². The molecule has 0 amide bonds. The second-order valence-corrected chi connectivity index (χ2v) is 3.16. The zero-order valence-electron chi connectivity index (χ0n) is 7.06. The van der Waals surface area contributed by atoms with Gasteiger partial charge in [-0.3, -0.25) is 0 Å². The maximum absolute atomic E-state index is 12.4. The molecule has 1 aromatic rings. The number of halogens is 3. The van der Waals surface area contributed by atoms with Crippen molar-refractivity contribution in [3.8, 4) is 5.88 Å². The molecular formula is C8H7ClF2N2O. The summed E-state index contributed by atoms with van der Waals surface area (Å²) >= 11 is 5.56. The van der Waals surface area contributed by atoms with Crippen LogP contribution in [-0.4, -0.2) is 18.1 Å². The number of anilines is 1. The lowest BCUT2D eigenvalue weighted by Gasteiger charge is -2.19. The van der Waals surface area contributed by atoms with Gasteiger partial charge in [0.15, 0.2) is 0 Å². The molecule has 1 aliphatic heterocycles. The Morgan fingerprint density at radius 1 is 1.57 bits per heavy atom. The number of pyridine rings is 1. The molecule has 14 heavy (non-hydrogen) atoms. The number of alkyl halides is 2. The van der Waals surface area contributed by atoms with Crippen molar-refractivity contribution in [2.75, 3.05) is 18.5 Å². The molecule has 0 saturated heterocycles. The maximum atomic E-state index is 12.4. The predicted molar refractivity (Wildman–Crippen MR) is 48.2 cm³/mol. The molecule has 0 saturated carbocycles. The average Bonchev–Trinajstić information content (AvgIpc) is 2.16. The highest BCUT2D eigenvalue weighted by atomic mass is 35.5. The summed E-state index contributed by atoms with van der Waals surface area (Å²) in [7, 11) is 0. The number of rotatable bonds is 1. The molecule has 0 fully saturated rings. The standard InChI is InChI=1S/C8H7ClF2N2O/c9-6-4(7(10)11)3-5-8(13-6)14-2-1-12-5/h3,7,12H,1-2H2. The number of hydrogen-bond donors (Lipinski definition) is 1. The van der Waals surface area contributed by atoms with Gasteiger partial charge in [0.1, 0.15) is 11.8 Å². The van der Waals surface area contributed by atoms with E-state index in [1.54, 1.807) is 0 Å². The molecular weight excluding hydrogens is 214 g/mol. The minimum absolute atomic E-state index is 0.206. The van der Waals surface area contributed by atoms with Crippen molar-refractivity contribution in [1.29, 1.82) is 0 Å². The van der Waals surface area contributed by atoms with Crippen molar-refractivity contribution in [2.45, 2.75) is 6.43 Å². The predicted octanol–water partition coefficient (Wildman–Crippen LogP) is 2.48. The Labute approximate surface area is 84.0 Å². The van der Waals surface area contributed by atoms with Crippen molar-refractivity contribution in [2.24, 2.45) is 0 Å². The summed E-state index contributed by atoms with van der Waals surface area (Å²) in [6.45, 7) is 1.04. The third-order valence-electron chi connectivity index (χ3n) is 1.86. The number of fused-ring (bicyclic) bond motifs is 1. The van der Waals surface area contributed by atoms with Crippen LogP contribution in [0.2, 0.25) is 5.15 Å². The van der Waals surface area contributed by atoms with Gasteiger partial charge in [-0.25, -0.2) is 8.78 Å². The van der Waals surface area contributed by atoms with Crippen LogP contribution in [0, 0.1) is 0 Å². The fraction of sp³-hybridized carbons (Fsp3) is 0.375. The molecule has 6 heteroatoms. The first kappa shape index (κ1) is 9.45. The minimum Gasteiger partial charge on any atom is -0.474 e. The Morgan fingerprint density at radius 2 is 2.36 bits per heavy atom. The van der Waals surface area contributed by atoms with Crippen molar-refractivity contribution >= 4 is 17.3 Å². The van der Waals surface area contributed by atoms with Crippen LogP contribution in [0.1, 0.15) is 12.0 Å². The summed E-state index contributed by atoms with van der Waals surface area (Å²) in [6.07, 6.45) is -2.62. The van der Waals surface area contributed by atoms with Crippen molar-refractivity contribution in [1.82, 2.24) is 4.98 Å². The lowest BCUT2D eigenvalue weighted by Crippen LogP contribution is -2.19. The molecule has 1 aromatic heterocycles. The van der Waals surface area contributed by atoms with E-state index in [0.717, 1.165) is 0 Å². The van der Waals surface area contributed by atoms with Gasteiger partial charge in [-0.05, 0) is 6.07 Å². The molecule has 76 valence electrons. The first-order chi connectivity index (χ1) is 6.68. The van der Waals surface area contributed by atoms with E-state index in [9.17, 15) is 8.78 Å². The van der Waals surface area contributed by atoms with Crippen molar-refractivity contribution < 1.29 is 13.5 Å². The first-order valence-electron chi connectivity index (χ1n) is 4.04. The highest BCUT2D eigenvalue weighted by Gasteiger charge is 2.19. The van der Waals surface area contributed by atoms with Crippen LogP contribution in [0.4, 0.5) is 14.5 Å². The average molecular weight is 221 g/mol. The molecule has 2 rings (SSSR count). The summed E-state index contributed by atoms with van der Waals surface area (Å²) in [5, 5.41) is 2.70. The van der Waals surface area contributed by atoms with E-state index in [-0.39, 0.29) is 16.6 Å². The summed E-state index contributed by atoms with van der Waals surface area (Å²) in [5.41, 5.74) is 0.194. The summed E-state index contributed by atoms with van der Waals surface area (Å²) in [5.74, 6) is 0.283. The molecule has 1 N–H and O–H groups in total. The second kappa shape index (κ2) is 3.57.